The highest BCUT2D eigenvalue weighted by Crippen LogP contribution is 2.09. The first kappa shape index (κ1) is 11.5. The van der Waals surface area contributed by atoms with Gasteiger partial charge in [-0.1, -0.05) is 12.1 Å². The van der Waals surface area contributed by atoms with E-state index in [0.29, 0.717) is 0 Å². The van der Waals surface area contributed by atoms with Crippen LogP contribution in [0.1, 0.15) is 12.2 Å². The van der Waals surface area contributed by atoms with E-state index in [4.69, 9.17) is 0 Å². The van der Waals surface area contributed by atoms with Crippen molar-refractivity contribution in [3.05, 3.63) is 30.1 Å². The van der Waals surface area contributed by atoms with Crippen LogP contribution < -0.4 is 5.32 Å². The predicted molar refractivity (Wildman–Crippen MR) is 70.8 cm³/mol. The summed E-state index contributed by atoms with van der Waals surface area (Å²) in [7, 11) is 0. The third kappa shape index (κ3) is 3.00. The lowest BCUT2D eigenvalue weighted by molar-refractivity contribution is 0.659. The number of para-hydroxylation sites is 2. The number of thioether (sulfide) groups is 1. The summed E-state index contributed by atoms with van der Waals surface area (Å²) in [4.78, 5) is 7.81. The largest absolute Gasteiger partial charge is 0.341 e. The second kappa shape index (κ2) is 5.92. The van der Waals surface area contributed by atoms with Crippen LogP contribution in [0.25, 0.3) is 11.0 Å². The Morgan fingerprint density at radius 3 is 3.06 bits per heavy atom. The topological polar surface area (TPSA) is 40.7 Å². The summed E-state index contributed by atoms with van der Waals surface area (Å²) in [6.45, 7) is 1.88. The highest BCUT2D eigenvalue weighted by atomic mass is 32.2. The van der Waals surface area contributed by atoms with Crippen molar-refractivity contribution in [2.45, 2.75) is 13.0 Å². The number of rotatable bonds is 6. The molecule has 0 aliphatic rings. The Morgan fingerprint density at radius 1 is 1.38 bits per heavy atom. The molecule has 0 aliphatic carbocycles. The number of hydrogen-bond donors (Lipinski definition) is 2. The lowest BCUT2D eigenvalue weighted by Gasteiger charge is -2.00. The molecule has 0 radical (unpaired) electrons. The molecule has 1 heterocycles. The van der Waals surface area contributed by atoms with Crippen molar-refractivity contribution in [1.82, 2.24) is 15.3 Å². The van der Waals surface area contributed by atoms with Gasteiger partial charge >= 0.3 is 0 Å². The molecule has 2 N–H and O–H groups in total. The monoisotopic (exact) mass is 235 g/mol. The molecule has 86 valence electrons. The summed E-state index contributed by atoms with van der Waals surface area (Å²) >= 11 is 1.89. The number of aromatic amines is 1. The van der Waals surface area contributed by atoms with E-state index >= 15 is 0 Å². The standard InChI is InChI=1S/C12H17N3S/c1-16-8-4-7-13-9-12-14-10-5-2-3-6-11(10)15-12/h2-3,5-6,13H,4,7-9H2,1H3,(H,14,15). The zero-order valence-electron chi connectivity index (χ0n) is 9.49. The van der Waals surface area contributed by atoms with Crippen LogP contribution in [0.2, 0.25) is 0 Å². The first-order chi connectivity index (χ1) is 7.90. The van der Waals surface area contributed by atoms with E-state index in [9.17, 15) is 0 Å². The molecular weight excluding hydrogens is 218 g/mol. The quantitative estimate of drug-likeness (QED) is 0.755. The van der Waals surface area contributed by atoms with E-state index in [-0.39, 0.29) is 0 Å². The van der Waals surface area contributed by atoms with Gasteiger partial charge in [0.1, 0.15) is 5.82 Å². The maximum absolute atomic E-state index is 4.51. The van der Waals surface area contributed by atoms with Crippen LogP contribution in [0.15, 0.2) is 24.3 Å². The maximum Gasteiger partial charge on any atom is 0.121 e. The summed E-state index contributed by atoms with van der Waals surface area (Å²) in [5.74, 6) is 2.23. The van der Waals surface area contributed by atoms with Crippen molar-refractivity contribution in [2.75, 3.05) is 18.6 Å². The second-order valence-electron chi connectivity index (χ2n) is 3.72. The van der Waals surface area contributed by atoms with E-state index in [1.807, 2.05) is 30.0 Å². The molecule has 4 heteroatoms. The Bertz CT molecular complexity index is 406. The molecule has 0 aliphatic heterocycles. The number of fused-ring (bicyclic) bond motifs is 1. The molecular formula is C12H17N3S. The fourth-order valence-corrected chi connectivity index (χ4v) is 2.07. The van der Waals surface area contributed by atoms with Gasteiger partial charge in [-0.2, -0.15) is 11.8 Å². The molecule has 3 nitrogen and oxygen atoms in total. The minimum atomic E-state index is 0.822. The molecule has 0 fully saturated rings. The van der Waals surface area contributed by atoms with Crippen LogP contribution in [0.5, 0.6) is 0 Å². The van der Waals surface area contributed by atoms with E-state index < -0.39 is 0 Å². The Morgan fingerprint density at radius 2 is 2.25 bits per heavy atom. The van der Waals surface area contributed by atoms with Crippen LogP contribution in [-0.4, -0.2) is 28.5 Å². The Hall–Kier alpha value is -1.00. The summed E-state index contributed by atoms with van der Waals surface area (Å²) in [5.41, 5.74) is 2.16. The van der Waals surface area contributed by atoms with E-state index in [0.717, 1.165) is 29.9 Å². The lowest BCUT2D eigenvalue weighted by atomic mass is 10.3. The lowest BCUT2D eigenvalue weighted by Crippen LogP contribution is -2.16. The predicted octanol–water partition coefficient (Wildman–Crippen LogP) is 2.41. The average molecular weight is 235 g/mol. The van der Waals surface area contributed by atoms with Gasteiger partial charge in [-0.05, 0) is 37.1 Å². The van der Waals surface area contributed by atoms with E-state index in [2.05, 4.69) is 27.6 Å². The SMILES string of the molecule is CSCCCNCc1nc2ccccc2[nH]1. The van der Waals surface area contributed by atoms with Crippen molar-refractivity contribution in [3.63, 3.8) is 0 Å². The fraction of sp³-hybridized carbons (Fsp3) is 0.417. The van der Waals surface area contributed by atoms with Gasteiger partial charge in [0.15, 0.2) is 0 Å². The van der Waals surface area contributed by atoms with E-state index in [1.165, 1.54) is 12.2 Å². The minimum Gasteiger partial charge on any atom is -0.341 e. The van der Waals surface area contributed by atoms with Crippen LogP contribution in [0, 0.1) is 0 Å². The van der Waals surface area contributed by atoms with Gasteiger partial charge < -0.3 is 10.3 Å². The number of nitrogens with zero attached hydrogens (tertiary/aromatic N) is 1. The highest BCUT2D eigenvalue weighted by molar-refractivity contribution is 7.98. The molecule has 16 heavy (non-hydrogen) atoms. The molecule has 2 rings (SSSR count). The second-order valence-corrected chi connectivity index (χ2v) is 4.71. The van der Waals surface area contributed by atoms with Gasteiger partial charge in [0.2, 0.25) is 0 Å². The van der Waals surface area contributed by atoms with Crippen LogP contribution in [0.4, 0.5) is 0 Å². The average Bonchev–Trinajstić information content (AvgIpc) is 2.71. The molecule has 0 saturated heterocycles. The normalized spacial score (nSPS) is 11.1. The van der Waals surface area contributed by atoms with Gasteiger partial charge in [0.25, 0.3) is 0 Å². The van der Waals surface area contributed by atoms with Crippen LogP contribution in [0.3, 0.4) is 0 Å². The molecule has 0 atom stereocenters. The molecule has 2 aromatic rings. The molecule has 0 unspecified atom stereocenters. The minimum absolute atomic E-state index is 0.822. The van der Waals surface area contributed by atoms with Crippen LogP contribution in [-0.2, 0) is 6.54 Å². The third-order valence-electron chi connectivity index (χ3n) is 2.43. The summed E-state index contributed by atoms with van der Waals surface area (Å²) in [6.07, 6.45) is 3.35. The molecule has 0 amide bonds. The first-order valence-electron chi connectivity index (χ1n) is 5.53. The maximum atomic E-state index is 4.51. The number of H-pyrrole nitrogens is 1. The zero-order chi connectivity index (χ0) is 11.2. The summed E-state index contributed by atoms with van der Waals surface area (Å²) in [6, 6.07) is 8.12. The fourth-order valence-electron chi connectivity index (χ4n) is 1.64. The molecule has 1 aromatic carbocycles. The Balaban J connectivity index is 1.85. The molecule has 0 saturated carbocycles. The number of benzene rings is 1. The van der Waals surface area contributed by atoms with Crippen LogP contribution >= 0.6 is 11.8 Å². The number of imidazole rings is 1. The summed E-state index contributed by atoms with van der Waals surface area (Å²) < 4.78 is 0. The smallest absolute Gasteiger partial charge is 0.121 e. The van der Waals surface area contributed by atoms with Gasteiger partial charge in [-0.3, -0.25) is 0 Å². The van der Waals surface area contributed by atoms with Gasteiger partial charge in [0, 0.05) is 0 Å². The molecule has 0 bridgehead atoms. The van der Waals surface area contributed by atoms with Crippen molar-refractivity contribution in [3.8, 4) is 0 Å². The van der Waals surface area contributed by atoms with Gasteiger partial charge in [0.05, 0.1) is 17.6 Å². The van der Waals surface area contributed by atoms with Gasteiger partial charge in [-0.15, -0.1) is 0 Å². The highest BCUT2D eigenvalue weighted by Gasteiger charge is 2.00. The molecule has 0 spiro atoms. The first-order valence-corrected chi connectivity index (χ1v) is 6.93. The Labute approximate surface area is 100 Å². The molecule has 1 aromatic heterocycles. The zero-order valence-corrected chi connectivity index (χ0v) is 10.3. The van der Waals surface area contributed by atoms with Gasteiger partial charge in [-0.25, -0.2) is 4.98 Å². The van der Waals surface area contributed by atoms with Crippen molar-refractivity contribution >= 4 is 22.8 Å². The Kier molecular flexibility index (Phi) is 4.25. The summed E-state index contributed by atoms with van der Waals surface area (Å²) in [5, 5.41) is 3.39. The van der Waals surface area contributed by atoms with Crippen molar-refractivity contribution in [2.24, 2.45) is 0 Å². The van der Waals surface area contributed by atoms with Crippen molar-refractivity contribution < 1.29 is 0 Å². The number of nitrogens with one attached hydrogen (secondary N) is 2. The number of hydrogen-bond acceptors (Lipinski definition) is 3. The van der Waals surface area contributed by atoms with E-state index in [1.54, 1.807) is 0 Å². The third-order valence-corrected chi connectivity index (χ3v) is 3.13. The van der Waals surface area contributed by atoms with Crippen molar-refractivity contribution in [1.29, 1.82) is 0 Å². The number of aromatic nitrogens is 2.